The van der Waals surface area contributed by atoms with Crippen LogP contribution in [0.25, 0.3) is 0 Å². The molecule has 1 saturated heterocycles. The molecule has 0 spiro atoms. The van der Waals surface area contributed by atoms with E-state index in [1.165, 1.54) is 32.4 Å². The van der Waals surface area contributed by atoms with Crippen molar-refractivity contribution in [3.8, 4) is 0 Å². The zero-order valence-electron chi connectivity index (χ0n) is 13.7. The maximum Gasteiger partial charge on any atom is 0.222 e. The van der Waals surface area contributed by atoms with Crippen molar-refractivity contribution in [2.75, 3.05) is 32.7 Å². The Balaban J connectivity index is 1.96. The van der Waals surface area contributed by atoms with E-state index in [0.717, 1.165) is 25.6 Å². The van der Waals surface area contributed by atoms with Crippen LogP contribution < -0.4 is 10.6 Å². The first-order valence-corrected chi connectivity index (χ1v) is 8.23. The molecular weight excluding hydrogens is 250 g/mol. The van der Waals surface area contributed by atoms with Gasteiger partial charge < -0.3 is 15.5 Å². The monoisotopic (exact) mass is 283 g/mol. The summed E-state index contributed by atoms with van der Waals surface area (Å²) in [5.41, 5.74) is 0. The summed E-state index contributed by atoms with van der Waals surface area (Å²) in [6.45, 7) is 13.6. The molecule has 0 aliphatic carbocycles. The lowest BCUT2D eigenvalue weighted by molar-refractivity contribution is -0.123. The lowest BCUT2D eigenvalue weighted by Crippen LogP contribution is -2.39. The standard InChI is InChI=1S/C16H33N3O/c1-13(2)16(20)18-10-9-17-8-5-15-6-11-19(12-7-15)14(3)4/h13-15,17H,5-12H2,1-4H3,(H,18,20). The molecule has 1 fully saturated rings. The Morgan fingerprint density at radius 1 is 1.10 bits per heavy atom. The molecule has 1 rings (SSSR count). The normalized spacial score (nSPS) is 17.9. The van der Waals surface area contributed by atoms with Crippen LogP contribution in [0.3, 0.4) is 0 Å². The van der Waals surface area contributed by atoms with Crippen LogP contribution in [0.1, 0.15) is 47.0 Å². The van der Waals surface area contributed by atoms with Crippen molar-refractivity contribution in [1.29, 1.82) is 0 Å². The Morgan fingerprint density at radius 3 is 2.30 bits per heavy atom. The van der Waals surface area contributed by atoms with Gasteiger partial charge in [0.1, 0.15) is 0 Å². The largest absolute Gasteiger partial charge is 0.355 e. The predicted octanol–water partition coefficient (Wildman–Crippen LogP) is 1.86. The molecule has 4 heteroatoms. The lowest BCUT2D eigenvalue weighted by atomic mass is 9.93. The summed E-state index contributed by atoms with van der Waals surface area (Å²) in [7, 11) is 0. The number of carbonyl (C=O) groups is 1. The predicted molar refractivity (Wildman–Crippen MR) is 84.8 cm³/mol. The third-order valence-corrected chi connectivity index (χ3v) is 4.23. The van der Waals surface area contributed by atoms with Gasteiger partial charge in [0.25, 0.3) is 0 Å². The van der Waals surface area contributed by atoms with Crippen LogP contribution in [-0.2, 0) is 4.79 Å². The van der Waals surface area contributed by atoms with Crippen molar-refractivity contribution >= 4 is 5.91 Å². The second kappa shape index (κ2) is 9.35. The van der Waals surface area contributed by atoms with E-state index in [-0.39, 0.29) is 11.8 Å². The maximum atomic E-state index is 11.4. The highest BCUT2D eigenvalue weighted by molar-refractivity contribution is 5.77. The van der Waals surface area contributed by atoms with Gasteiger partial charge in [-0.2, -0.15) is 0 Å². The molecule has 1 aliphatic rings. The molecule has 1 amide bonds. The van der Waals surface area contributed by atoms with Crippen molar-refractivity contribution in [3.05, 3.63) is 0 Å². The number of amides is 1. The first kappa shape index (κ1) is 17.4. The van der Waals surface area contributed by atoms with Gasteiger partial charge in [0.15, 0.2) is 0 Å². The van der Waals surface area contributed by atoms with Gasteiger partial charge in [-0.25, -0.2) is 0 Å². The van der Waals surface area contributed by atoms with E-state index in [0.29, 0.717) is 6.04 Å². The summed E-state index contributed by atoms with van der Waals surface area (Å²) in [6.07, 6.45) is 3.94. The van der Waals surface area contributed by atoms with Gasteiger partial charge in [-0.1, -0.05) is 13.8 Å². The van der Waals surface area contributed by atoms with Gasteiger partial charge in [0.2, 0.25) is 5.91 Å². The van der Waals surface area contributed by atoms with Gasteiger partial charge in [-0.3, -0.25) is 4.79 Å². The van der Waals surface area contributed by atoms with Gasteiger partial charge in [-0.05, 0) is 58.7 Å². The minimum Gasteiger partial charge on any atom is -0.355 e. The van der Waals surface area contributed by atoms with E-state index >= 15 is 0 Å². The van der Waals surface area contributed by atoms with Gasteiger partial charge in [-0.15, -0.1) is 0 Å². The molecule has 1 heterocycles. The van der Waals surface area contributed by atoms with Crippen LogP contribution in [-0.4, -0.2) is 49.6 Å². The highest BCUT2D eigenvalue weighted by atomic mass is 16.1. The smallest absolute Gasteiger partial charge is 0.222 e. The Hall–Kier alpha value is -0.610. The zero-order chi connectivity index (χ0) is 15.0. The average Bonchev–Trinajstić information content (AvgIpc) is 2.42. The highest BCUT2D eigenvalue weighted by Crippen LogP contribution is 2.21. The van der Waals surface area contributed by atoms with Crippen LogP contribution in [0.4, 0.5) is 0 Å². The molecule has 118 valence electrons. The third kappa shape index (κ3) is 6.71. The Morgan fingerprint density at radius 2 is 1.75 bits per heavy atom. The number of nitrogens with one attached hydrogen (secondary N) is 2. The molecule has 0 saturated carbocycles. The molecule has 4 nitrogen and oxygen atoms in total. The molecule has 0 atom stereocenters. The van der Waals surface area contributed by atoms with Crippen molar-refractivity contribution in [2.24, 2.45) is 11.8 Å². The molecule has 20 heavy (non-hydrogen) atoms. The van der Waals surface area contributed by atoms with Crippen LogP contribution in [0.15, 0.2) is 0 Å². The molecule has 1 aliphatic heterocycles. The summed E-state index contributed by atoms with van der Waals surface area (Å²) in [4.78, 5) is 13.9. The van der Waals surface area contributed by atoms with E-state index in [9.17, 15) is 4.79 Å². The van der Waals surface area contributed by atoms with Gasteiger partial charge in [0.05, 0.1) is 0 Å². The van der Waals surface area contributed by atoms with Crippen molar-refractivity contribution in [3.63, 3.8) is 0 Å². The van der Waals surface area contributed by atoms with E-state index in [4.69, 9.17) is 0 Å². The van der Waals surface area contributed by atoms with E-state index in [1.54, 1.807) is 0 Å². The molecule has 2 N–H and O–H groups in total. The van der Waals surface area contributed by atoms with Crippen molar-refractivity contribution in [1.82, 2.24) is 15.5 Å². The lowest BCUT2D eigenvalue weighted by Gasteiger charge is -2.34. The fourth-order valence-electron chi connectivity index (χ4n) is 2.67. The topological polar surface area (TPSA) is 44.4 Å². The van der Waals surface area contributed by atoms with E-state index in [1.807, 2.05) is 13.8 Å². The Bertz CT molecular complexity index is 271. The number of nitrogens with zero attached hydrogens (tertiary/aromatic N) is 1. The molecule has 0 unspecified atom stereocenters. The minimum absolute atomic E-state index is 0.0844. The molecule has 0 aromatic heterocycles. The summed E-state index contributed by atoms with van der Waals surface area (Å²) in [5.74, 6) is 1.11. The number of hydrogen-bond acceptors (Lipinski definition) is 3. The number of hydrogen-bond donors (Lipinski definition) is 2. The van der Waals surface area contributed by atoms with Crippen LogP contribution in [0, 0.1) is 11.8 Å². The third-order valence-electron chi connectivity index (χ3n) is 4.23. The van der Waals surface area contributed by atoms with Crippen LogP contribution in [0.2, 0.25) is 0 Å². The SMILES string of the molecule is CC(C)C(=O)NCCNCCC1CCN(C(C)C)CC1. The number of piperidine rings is 1. The van der Waals surface area contributed by atoms with Crippen LogP contribution >= 0.6 is 0 Å². The molecule has 0 aromatic rings. The van der Waals surface area contributed by atoms with Gasteiger partial charge in [0, 0.05) is 25.0 Å². The summed E-state index contributed by atoms with van der Waals surface area (Å²) in [5, 5.41) is 6.36. The summed E-state index contributed by atoms with van der Waals surface area (Å²) in [6, 6.07) is 0.693. The second-order valence-corrected chi connectivity index (χ2v) is 6.56. The number of rotatable bonds is 8. The average molecular weight is 283 g/mol. The van der Waals surface area contributed by atoms with Crippen molar-refractivity contribution in [2.45, 2.75) is 53.0 Å². The zero-order valence-corrected chi connectivity index (χ0v) is 13.7. The fraction of sp³-hybridized carbons (Fsp3) is 0.938. The molecule has 0 radical (unpaired) electrons. The maximum absolute atomic E-state index is 11.4. The summed E-state index contributed by atoms with van der Waals surface area (Å²) >= 11 is 0. The Labute approximate surface area is 124 Å². The quantitative estimate of drug-likeness (QED) is 0.668. The molecule has 0 aromatic carbocycles. The first-order chi connectivity index (χ1) is 9.50. The van der Waals surface area contributed by atoms with Crippen LogP contribution in [0.5, 0.6) is 0 Å². The highest BCUT2D eigenvalue weighted by Gasteiger charge is 2.20. The Kier molecular flexibility index (Phi) is 8.15. The van der Waals surface area contributed by atoms with Crippen molar-refractivity contribution < 1.29 is 4.79 Å². The number of carbonyl (C=O) groups excluding carboxylic acids is 1. The second-order valence-electron chi connectivity index (χ2n) is 6.56. The van der Waals surface area contributed by atoms with Gasteiger partial charge >= 0.3 is 0 Å². The fourth-order valence-corrected chi connectivity index (χ4v) is 2.67. The minimum atomic E-state index is 0.0844. The first-order valence-electron chi connectivity index (χ1n) is 8.23. The number of likely N-dealkylation sites (tertiary alicyclic amines) is 1. The summed E-state index contributed by atoms with van der Waals surface area (Å²) < 4.78 is 0. The molecule has 0 bridgehead atoms. The molecular formula is C16H33N3O. The van der Waals surface area contributed by atoms with E-state index in [2.05, 4.69) is 29.4 Å². The van der Waals surface area contributed by atoms with E-state index < -0.39 is 0 Å².